The molecule has 70 valence electrons. The van der Waals surface area contributed by atoms with E-state index in [1.54, 1.807) is 0 Å². The van der Waals surface area contributed by atoms with Gasteiger partial charge < -0.3 is 9.59 Å². The van der Waals surface area contributed by atoms with Crippen LogP contribution in [0.2, 0.25) is 0 Å². The van der Waals surface area contributed by atoms with Crippen LogP contribution >= 0.6 is 0 Å². The molecular weight excluding hydrogens is 152 g/mol. The molecule has 0 aliphatic rings. The van der Waals surface area contributed by atoms with Gasteiger partial charge in [0.15, 0.2) is 0 Å². The number of rotatable bonds is 7. The standard InChI is InChI=1S/C10H18O2/c1-3-9(5-7-11)10(4-2)6-8-12/h7-10H,3-6H2,1-2H3. The maximum absolute atomic E-state index is 10.3. The van der Waals surface area contributed by atoms with Gasteiger partial charge in [-0.3, -0.25) is 0 Å². The summed E-state index contributed by atoms with van der Waals surface area (Å²) in [4.78, 5) is 20.6. The lowest BCUT2D eigenvalue weighted by atomic mass is 9.84. The summed E-state index contributed by atoms with van der Waals surface area (Å²) >= 11 is 0. The molecule has 0 aliphatic heterocycles. The zero-order chi connectivity index (χ0) is 9.40. The van der Waals surface area contributed by atoms with Crippen molar-refractivity contribution in [3.63, 3.8) is 0 Å². The van der Waals surface area contributed by atoms with Gasteiger partial charge in [0.05, 0.1) is 0 Å². The van der Waals surface area contributed by atoms with E-state index in [-0.39, 0.29) is 0 Å². The molecule has 0 fully saturated rings. The lowest BCUT2D eigenvalue weighted by molar-refractivity contribution is -0.111. The van der Waals surface area contributed by atoms with E-state index in [0.717, 1.165) is 25.4 Å². The lowest BCUT2D eigenvalue weighted by Crippen LogP contribution is -2.14. The molecule has 0 spiro atoms. The molecule has 0 amide bonds. The van der Waals surface area contributed by atoms with Crippen LogP contribution in [0.3, 0.4) is 0 Å². The summed E-state index contributed by atoms with van der Waals surface area (Å²) in [5.41, 5.74) is 0. The van der Waals surface area contributed by atoms with E-state index in [2.05, 4.69) is 13.8 Å². The normalized spacial score (nSPS) is 15.2. The molecule has 0 aliphatic carbocycles. The highest BCUT2D eigenvalue weighted by atomic mass is 16.1. The average Bonchev–Trinajstić information content (AvgIpc) is 2.11. The molecule has 0 saturated heterocycles. The number of hydrogen-bond donors (Lipinski definition) is 0. The minimum absolute atomic E-state index is 0.401. The van der Waals surface area contributed by atoms with Gasteiger partial charge >= 0.3 is 0 Å². The highest BCUT2D eigenvalue weighted by Gasteiger charge is 2.16. The molecule has 0 aromatic carbocycles. The van der Waals surface area contributed by atoms with E-state index in [9.17, 15) is 9.59 Å². The highest BCUT2D eigenvalue weighted by molar-refractivity contribution is 5.51. The predicted molar refractivity (Wildman–Crippen MR) is 48.9 cm³/mol. The smallest absolute Gasteiger partial charge is 0.120 e. The van der Waals surface area contributed by atoms with Crippen LogP contribution in [0.4, 0.5) is 0 Å². The fourth-order valence-corrected chi connectivity index (χ4v) is 1.63. The molecule has 2 unspecified atom stereocenters. The van der Waals surface area contributed by atoms with Gasteiger partial charge in [0.25, 0.3) is 0 Å². The van der Waals surface area contributed by atoms with Crippen molar-refractivity contribution in [3.8, 4) is 0 Å². The van der Waals surface area contributed by atoms with Crippen LogP contribution < -0.4 is 0 Å². The van der Waals surface area contributed by atoms with Crippen molar-refractivity contribution in [1.82, 2.24) is 0 Å². The van der Waals surface area contributed by atoms with Crippen LogP contribution in [0.25, 0.3) is 0 Å². The lowest BCUT2D eigenvalue weighted by Gasteiger charge is -2.20. The maximum Gasteiger partial charge on any atom is 0.120 e. The third kappa shape index (κ3) is 3.65. The van der Waals surface area contributed by atoms with E-state index < -0.39 is 0 Å². The number of hydrogen-bond acceptors (Lipinski definition) is 2. The summed E-state index contributed by atoms with van der Waals surface area (Å²) in [6.45, 7) is 4.14. The Morgan fingerprint density at radius 3 is 1.42 bits per heavy atom. The minimum Gasteiger partial charge on any atom is -0.303 e. The second-order valence-electron chi connectivity index (χ2n) is 3.14. The summed E-state index contributed by atoms with van der Waals surface area (Å²) in [5, 5.41) is 0. The molecule has 0 saturated carbocycles. The first-order valence-electron chi connectivity index (χ1n) is 4.67. The molecule has 2 heteroatoms. The summed E-state index contributed by atoms with van der Waals surface area (Å²) in [7, 11) is 0. The van der Waals surface area contributed by atoms with E-state index in [1.165, 1.54) is 0 Å². The molecule has 0 heterocycles. The molecule has 12 heavy (non-hydrogen) atoms. The highest BCUT2D eigenvalue weighted by Crippen LogP contribution is 2.23. The predicted octanol–water partition coefficient (Wildman–Crippen LogP) is 2.22. The van der Waals surface area contributed by atoms with Crippen molar-refractivity contribution in [2.45, 2.75) is 39.5 Å². The van der Waals surface area contributed by atoms with Crippen LogP contribution in [0, 0.1) is 11.8 Å². The molecule has 0 N–H and O–H groups in total. The summed E-state index contributed by atoms with van der Waals surface area (Å²) in [5.74, 6) is 0.801. The fourth-order valence-electron chi connectivity index (χ4n) is 1.63. The topological polar surface area (TPSA) is 34.1 Å². The molecule has 0 rings (SSSR count). The first kappa shape index (κ1) is 11.3. The van der Waals surface area contributed by atoms with Crippen LogP contribution in [0.15, 0.2) is 0 Å². The maximum atomic E-state index is 10.3. The fraction of sp³-hybridized carbons (Fsp3) is 0.800. The number of carbonyl (C=O) groups is 2. The number of carbonyl (C=O) groups excluding carboxylic acids is 2. The van der Waals surface area contributed by atoms with Gasteiger partial charge in [0, 0.05) is 12.8 Å². The first-order valence-corrected chi connectivity index (χ1v) is 4.67. The van der Waals surface area contributed by atoms with E-state index in [0.29, 0.717) is 24.7 Å². The quantitative estimate of drug-likeness (QED) is 0.549. The summed E-state index contributed by atoms with van der Waals surface area (Å²) in [6, 6.07) is 0. The molecule has 0 aromatic rings. The van der Waals surface area contributed by atoms with Gasteiger partial charge in [0.1, 0.15) is 12.6 Å². The van der Waals surface area contributed by atoms with Gasteiger partial charge in [-0.15, -0.1) is 0 Å². The molecular formula is C10H18O2. The van der Waals surface area contributed by atoms with Gasteiger partial charge in [0.2, 0.25) is 0 Å². The van der Waals surface area contributed by atoms with Crippen LogP contribution in [0.1, 0.15) is 39.5 Å². The Hall–Kier alpha value is -0.660. The summed E-state index contributed by atoms with van der Waals surface area (Å²) < 4.78 is 0. The van der Waals surface area contributed by atoms with Crippen molar-refractivity contribution in [2.75, 3.05) is 0 Å². The van der Waals surface area contributed by atoms with Gasteiger partial charge in [-0.1, -0.05) is 26.7 Å². The Morgan fingerprint density at radius 1 is 0.917 bits per heavy atom. The van der Waals surface area contributed by atoms with Crippen LogP contribution in [-0.2, 0) is 9.59 Å². The van der Waals surface area contributed by atoms with Crippen molar-refractivity contribution >= 4 is 12.6 Å². The Kier molecular flexibility index (Phi) is 6.63. The largest absolute Gasteiger partial charge is 0.303 e. The Morgan fingerprint density at radius 2 is 1.25 bits per heavy atom. The van der Waals surface area contributed by atoms with E-state index >= 15 is 0 Å². The Balaban J connectivity index is 4.00. The van der Waals surface area contributed by atoms with Crippen molar-refractivity contribution in [3.05, 3.63) is 0 Å². The average molecular weight is 170 g/mol. The first-order chi connectivity index (χ1) is 5.79. The molecule has 0 aromatic heterocycles. The molecule has 2 atom stereocenters. The van der Waals surface area contributed by atoms with Gasteiger partial charge in [-0.2, -0.15) is 0 Å². The minimum atomic E-state index is 0.401. The van der Waals surface area contributed by atoms with E-state index in [4.69, 9.17) is 0 Å². The third-order valence-electron chi connectivity index (χ3n) is 2.51. The second kappa shape index (κ2) is 7.01. The monoisotopic (exact) mass is 170 g/mol. The second-order valence-corrected chi connectivity index (χ2v) is 3.14. The van der Waals surface area contributed by atoms with Crippen molar-refractivity contribution < 1.29 is 9.59 Å². The van der Waals surface area contributed by atoms with Gasteiger partial charge in [-0.25, -0.2) is 0 Å². The van der Waals surface area contributed by atoms with Crippen LogP contribution in [0.5, 0.6) is 0 Å². The van der Waals surface area contributed by atoms with Crippen LogP contribution in [-0.4, -0.2) is 12.6 Å². The SMILES string of the molecule is CCC(CC=O)C(CC)CC=O. The van der Waals surface area contributed by atoms with E-state index in [1.807, 2.05) is 0 Å². The Bertz CT molecular complexity index is 116. The number of aldehydes is 2. The zero-order valence-electron chi connectivity index (χ0n) is 7.95. The van der Waals surface area contributed by atoms with Gasteiger partial charge in [-0.05, 0) is 11.8 Å². The molecule has 2 nitrogen and oxygen atoms in total. The Labute approximate surface area is 74.3 Å². The third-order valence-corrected chi connectivity index (χ3v) is 2.51. The van der Waals surface area contributed by atoms with Crippen molar-refractivity contribution in [2.24, 2.45) is 11.8 Å². The molecule has 0 bridgehead atoms. The summed E-state index contributed by atoms with van der Waals surface area (Å²) in [6.07, 6.45) is 5.10. The zero-order valence-corrected chi connectivity index (χ0v) is 7.95. The molecule has 0 radical (unpaired) electrons. The van der Waals surface area contributed by atoms with Crippen molar-refractivity contribution in [1.29, 1.82) is 0 Å².